The fourth-order valence-corrected chi connectivity index (χ4v) is 2.52. The molecule has 0 aliphatic carbocycles. The number of amides is 1. The van der Waals surface area contributed by atoms with E-state index in [0.717, 1.165) is 38.2 Å². The summed E-state index contributed by atoms with van der Waals surface area (Å²) in [5.74, 6) is 2.01. The van der Waals surface area contributed by atoms with Gasteiger partial charge in [-0.05, 0) is 70.1 Å². The molecule has 1 amide bonds. The maximum Gasteiger partial charge on any atom is 0.257 e. The largest absolute Gasteiger partial charge is 0.494 e. The molecule has 1 N–H and O–H groups in total. The zero-order valence-electron chi connectivity index (χ0n) is 13.5. The lowest BCUT2D eigenvalue weighted by Crippen LogP contribution is -2.38. The van der Waals surface area contributed by atoms with Crippen LogP contribution in [0.2, 0.25) is 0 Å². The van der Waals surface area contributed by atoms with E-state index in [-0.39, 0.29) is 12.5 Å². The zero-order valence-corrected chi connectivity index (χ0v) is 13.5. The van der Waals surface area contributed by atoms with Gasteiger partial charge in [-0.25, -0.2) is 0 Å². The van der Waals surface area contributed by atoms with E-state index in [4.69, 9.17) is 9.47 Å². The van der Waals surface area contributed by atoms with Crippen LogP contribution in [0.3, 0.4) is 0 Å². The molecule has 5 heteroatoms. The Bertz CT molecular complexity index is 453. The van der Waals surface area contributed by atoms with Crippen molar-refractivity contribution in [3.05, 3.63) is 24.3 Å². The van der Waals surface area contributed by atoms with Gasteiger partial charge in [0.25, 0.3) is 5.91 Å². The molecule has 1 saturated heterocycles. The van der Waals surface area contributed by atoms with E-state index in [1.807, 2.05) is 31.2 Å². The van der Waals surface area contributed by atoms with Crippen LogP contribution >= 0.6 is 0 Å². The lowest BCUT2D eigenvalue weighted by Gasteiger charge is -2.28. The molecule has 1 aliphatic rings. The molecule has 1 aliphatic heterocycles. The Morgan fingerprint density at radius 2 is 1.77 bits per heavy atom. The Labute approximate surface area is 132 Å². The Balaban J connectivity index is 1.64. The molecule has 0 radical (unpaired) electrons. The highest BCUT2D eigenvalue weighted by Crippen LogP contribution is 2.17. The number of rotatable bonds is 7. The molecular formula is C17H26N2O3. The molecule has 0 unspecified atom stereocenters. The number of piperidine rings is 1. The Morgan fingerprint density at radius 3 is 2.36 bits per heavy atom. The number of hydrogen-bond donors (Lipinski definition) is 1. The number of benzene rings is 1. The number of nitrogens with zero attached hydrogens (tertiary/aromatic N) is 1. The Kier molecular flexibility index (Phi) is 6.52. The lowest BCUT2D eigenvalue weighted by atomic mass is 9.97. The average molecular weight is 306 g/mol. The smallest absolute Gasteiger partial charge is 0.257 e. The number of ether oxygens (including phenoxy) is 2. The van der Waals surface area contributed by atoms with Crippen LogP contribution in [0.1, 0.15) is 19.8 Å². The maximum atomic E-state index is 11.8. The molecule has 1 heterocycles. The van der Waals surface area contributed by atoms with Crippen molar-refractivity contribution >= 4 is 5.91 Å². The summed E-state index contributed by atoms with van der Waals surface area (Å²) in [5.41, 5.74) is 0. The molecule has 0 atom stereocenters. The highest BCUT2D eigenvalue weighted by Gasteiger charge is 2.17. The number of carbonyl (C=O) groups is 1. The standard InChI is InChI=1S/C17H26N2O3/c1-3-21-15-4-6-16(7-5-15)22-13-17(20)18-12-14-8-10-19(2)11-9-14/h4-7,14H,3,8-13H2,1-2H3,(H,18,20). The highest BCUT2D eigenvalue weighted by molar-refractivity contribution is 5.77. The second kappa shape index (κ2) is 8.63. The van der Waals surface area contributed by atoms with Crippen LogP contribution in [-0.2, 0) is 4.79 Å². The van der Waals surface area contributed by atoms with E-state index in [2.05, 4.69) is 17.3 Å². The summed E-state index contributed by atoms with van der Waals surface area (Å²) in [7, 11) is 2.14. The third-order valence-corrected chi connectivity index (χ3v) is 3.93. The third-order valence-electron chi connectivity index (χ3n) is 3.93. The van der Waals surface area contributed by atoms with E-state index in [0.29, 0.717) is 18.3 Å². The first-order valence-electron chi connectivity index (χ1n) is 7.98. The SMILES string of the molecule is CCOc1ccc(OCC(=O)NCC2CCN(C)CC2)cc1. The van der Waals surface area contributed by atoms with Crippen LogP contribution in [0, 0.1) is 5.92 Å². The van der Waals surface area contributed by atoms with Crippen LogP contribution in [-0.4, -0.2) is 50.7 Å². The van der Waals surface area contributed by atoms with Crippen molar-refractivity contribution in [1.82, 2.24) is 10.2 Å². The molecule has 1 fully saturated rings. The molecule has 1 aromatic rings. The molecule has 122 valence electrons. The van der Waals surface area contributed by atoms with Crippen molar-refractivity contribution in [3.63, 3.8) is 0 Å². The molecule has 0 spiro atoms. The average Bonchev–Trinajstić information content (AvgIpc) is 2.54. The van der Waals surface area contributed by atoms with Gasteiger partial charge >= 0.3 is 0 Å². The predicted octanol–water partition coefficient (Wildman–Crippen LogP) is 1.92. The van der Waals surface area contributed by atoms with Crippen LogP contribution in [0.25, 0.3) is 0 Å². The number of hydrogen-bond acceptors (Lipinski definition) is 4. The van der Waals surface area contributed by atoms with Crippen molar-refractivity contribution in [2.75, 3.05) is 39.9 Å². The molecule has 2 rings (SSSR count). The molecule has 0 saturated carbocycles. The molecular weight excluding hydrogens is 280 g/mol. The second-order valence-corrected chi connectivity index (χ2v) is 5.74. The van der Waals surface area contributed by atoms with Gasteiger partial charge in [0.15, 0.2) is 6.61 Å². The van der Waals surface area contributed by atoms with Crippen LogP contribution in [0.5, 0.6) is 11.5 Å². The van der Waals surface area contributed by atoms with Gasteiger partial charge in [-0.2, -0.15) is 0 Å². The van der Waals surface area contributed by atoms with E-state index in [1.165, 1.54) is 0 Å². The minimum Gasteiger partial charge on any atom is -0.494 e. The van der Waals surface area contributed by atoms with Gasteiger partial charge in [0.2, 0.25) is 0 Å². The lowest BCUT2D eigenvalue weighted by molar-refractivity contribution is -0.123. The topological polar surface area (TPSA) is 50.8 Å². The highest BCUT2D eigenvalue weighted by atomic mass is 16.5. The first kappa shape index (κ1) is 16.6. The van der Waals surface area contributed by atoms with Crippen LogP contribution in [0.4, 0.5) is 0 Å². The van der Waals surface area contributed by atoms with E-state index >= 15 is 0 Å². The summed E-state index contributed by atoms with van der Waals surface area (Å²) >= 11 is 0. The fraction of sp³-hybridized carbons (Fsp3) is 0.588. The number of nitrogens with one attached hydrogen (secondary N) is 1. The maximum absolute atomic E-state index is 11.8. The normalized spacial score (nSPS) is 16.3. The Morgan fingerprint density at radius 1 is 1.18 bits per heavy atom. The Hall–Kier alpha value is -1.75. The van der Waals surface area contributed by atoms with Crippen molar-refractivity contribution in [1.29, 1.82) is 0 Å². The van der Waals surface area contributed by atoms with Crippen molar-refractivity contribution < 1.29 is 14.3 Å². The van der Waals surface area contributed by atoms with Gasteiger partial charge in [-0.1, -0.05) is 0 Å². The van der Waals surface area contributed by atoms with E-state index < -0.39 is 0 Å². The monoisotopic (exact) mass is 306 g/mol. The summed E-state index contributed by atoms with van der Waals surface area (Å²) in [6, 6.07) is 7.31. The van der Waals surface area contributed by atoms with E-state index in [1.54, 1.807) is 0 Å². The summed E-state index contributed by atoms with van der Waals surface area (Å²) in [6.07, 6.45) is 2.30. The summed E-state index contributed by atoms with van der Waals surface area (Å²) in [4.78, 5) is 14.1. The van der Waals surface area contributed by atoms with Crippen molar-refractivity contribution in [3.8, 4) is 11.5 Å². The summed E-state index contributed by atoms with van der Waals surface area (Å²) in [6.45, 7) is 5.62. The quantitative estimate of drug-likeness (QED) is 0.836. The third kappa shape index (κ3) is 5.56. The van der Waals surface area contributed by atoms with Crippen molar-refractivity contribution in [2.24, 2.45) is 5.92 Å². The first-order chi connectivity index (χ1) is 10.7. The van der Waals surface area contributed by atoms with Crippen LogP contribution < -0.4 is 14.8 Å². The summed E-state index contributed by atoms with van der Waals surface area (Å²) < 4.78 is 10.8. The molecule has 5 nitrogen and oxygen atoms in total. The minimum atomic E-state index is -0.0622. The van der Waals surface area contributed by atoms with Crippen LogP contribution in [0.15, 0.2) is 24.3 Å². The second-order valence-electron chi connectivity index (χ2n) is 5.74. The zero-order chi connectivity index (χ0) is 15.8. The summed E-state index contributed by atoms with van der Waals surface area (Å²) in [5, 5.41) is 2.96. The van der Waals surface area contributed by atoms with Gasteiger partial charge in [-0.15, -0.1) is 0 Å². The first-order valence-corrected chi connectivity index (χ1v) is 7.98. The minimum absolute atomic E-state index is 0.0562. The van der Waals surface area contributed by atoms with E-state index in [9.17, 15) is 4.79 Å². The van der Waals surface area contributed by atoms with Crippen molar-refractivity contribution in [2.45, 2.75) is 19.8 Å². The molecule has 1 aromatic carbocycles. The molecule has 22 heavy (non-hydrogen) atoms. The number of carbonyl (C=O) groups excluding carboxylic acids is 1. The van der Waals surface area contributed by atoms with Gasteiger partial charge in [0.05, 0.1) is 6.61 Å². The van der Waals surface area contributed by atoms with Gasteiger partial charge in [0.1, 0.15) is 11.5 Å². The predicted molar refractivity (Wildman–Crippen MR) is 86.3 cm³/mol. The van der Waals surface area contributed by atoms with Gasteiger partial charge < -0.3 is 19.7 Å². The van der Waals surface area contributed by atoms with Gasteiger partial charge in [-0.3, -0.25) is 4.79 Å². The fourth-order valence-electron chi connectivity index (χ4n) is 2.52. The van der Waals surface area contributed by atoms with Gasteiger partial charge in [0, 0.05) is 6.54 Å². The molecule has 0 bridgehead atoms. The molecule has 0 aromatic heterocycles. The number of likely N-dealkylation sites (tertiary alicyclic amines) is 1.